The maximum Gasteiger partial charge on any atom is 0.235 e. The third-order valence-electron chi connectivity index (χ3n) is 3.05. The van der Waals surface area contributed by atoms with Crippen LogP contribution in [0.4, 0.5) is 4.39 Å². The highest BCUT2D eigenvalue weighted by molar-refractivity contribution is 7.92. The highest BCUT2D eigenvalue weighted by atomic mass is 35.5. The number of carbonyl (C=O) groups excluding carboxylic acids is 2. The number of carbonyl (C=O) groups is 2. The van der Waals surface area contributed by atoms with E-state index < -0.39 is 33.1 Å². The number of rotatable bonds is 9. The van der Waals surface area contributed by atoms with Crippen LogP contribution in [-0.2, 0) is 14.6 Å². The minimum atomic E-state index is -3.96. The molecule has 1 aromatic rings. The van der Waals surface area contributed by atoms with Crippen LogP contribution in [0.25, 0.3) is 0 Å². The first-order valence-electron chi connectivity index (χ1n) is 7.28. The smallest absolute Gasteiger partial charge is 0.235 e. The first kappa shape index (κ1) is 22.5. The SMILES string of the molecule is CCCNCCNC(=O)CS(=O)(=O)c1ccc(C(C)=O)c(F)c1.Cl. The molecule has 24 heavy (non-hydrogen) atoms. The molecule has 0 aliphatic carbocycles. The van der Waals surface area contributed by atoms with E-state index in [9.17, 15) is 22.4 Å². The molecule has 0 heterocycles. The molecular formula is C15H22ClFN2O4S. The van der Waals surface area contributed by atoms with E-state index in [1.807, 2.05) is 6.92 Å². The molecule has 1 rings (SSSR count). The second kappa shape index (κ2) is 10.4. The number of halogens is 2. The molecule has 0 unspecified atom stereocenters. The molecule has 1 aromatic carbocycles. The lowest BCUT2D eigenvalue weighted by molar-refractivity contribution is -0.118. The Balaban J connectivity index is 0.00000529. The van der Waals surface area contributed by atoms with Crippen molar-refractivity contribution in [3.05, 3.63) is 29.6 Å². The Kier molecular flexibility index (Phi) is 9.72. The largest absolute Gasteiger partial charge is 0.354 e. The number of amides is 1. The molecule has 0 saturated carbocycles. The minimum absolute atomic E-state index is 0. The summed E-state index contributed by atoms with van der Waals surface area (Å²) in [5.41, 5.74) is -0.185. The van der Waals surface area contributed by atoms with Gasteiger partial charge in [-0.1, -0.05) is 6.92 Å². The lowest BCUT2D eigenvalue weighted by Crippen LogP contribution is -2.35. The van der Waals surface area contributed by atoms with Gasteiger partial charge in [0.05, 0.1) is 10.5 Å². The number of Topliss-reactive ketones (excluding diaryl/α,β-unsaturated/α-hetero) is 1. The van der Waals surface area contributed by atoms with Gasteiger partial charge in [0.15, 0.2) is 15.6 Å². The summed E-state index contributed by atoms with van der Waals surface area (Å²) in [6, 6.07) is 3.00. The predicted molar refractivity (Wildman–Crippen MR) is 91.9 cm³/mol. The number of sulfone groups is 1. The van der Waals surface area contributed by atoms with Crippen LogP contribution in [0.3, 0.4) is 0 Å². The summed E-state index contributed by atoms with van der Waals surface area (Å²) in [6.45, 7) is 4.87. The van der Waals surface area contributed by atoms with E-state index in [1.165, 1.54) is 6.92 Å². The monoisotopic (exact) mass is 380 g/mol. The van der Waals surface area contributed by atoms with Gasteiger partial charge in [0, 0.05) is 13.1 Å². The fraction of sp³-hybridized carbons (Fsp3) is 0.467. The Morgan fingerprint density at radius 3 is 2.38 bits per heavy atom. The average molecular weight is 381 g/mol. The van der Waals surface area contributed by atoms with Crippen molar-refractivity contribution in [2.45, 2.75) is 25.2 Å². The van der Waals surface area contributed by atoms with Crippen molar-refractivity contribution in [2.75, 3.05) is 25.4 Å². The van der Waals surface area contributed by atoms with E-state index in [4.69, 9.17) is 0 Å². The molecule has 0 radical (unpaired) electrons. The van der Waals surface area contributed by atoms with Gasteiger partial charge in [-0.15, -0.1) is 12.4 Å². The van der Waals surface area contributed by atoms with E-state index in [0.29, 0.717) is 13.1 Å². The van der Waals surface area contributed by atoms with E-state index in [0.717, 1.165) is 31.2 Å². The van der Waals surface area contributed by atoms with Crippen LogP contribution in [-0.4, -0.2) is 45.5 Å². The summed E-state index contributed by atoms with van der Waals surface area (Å²) in [7, 11) is -3.96. The Bertz CT molecular complexity index is 680. The van der Waals surface area contributed by atoms with Gasteiger partial charge in [-0.05, 0) is 38.1 Å². The number of ketones is 1. The Hall–Kier alpha value is -1.51. The molecule has 9 heteroatoms. The lowest BCUT2D eigenvalue weighted by atomic mass is 10.1. The number of hydrogen-bond donors (Lipinski definition) is 2. The second-order valence-electron chi connectivity index (χ2n) is 5.06. The molecule has 1 amide bonds. The van der Waals surface area contributed by atoms with Gasteiger partial charge in [0.1, 0.15) is 11.6 Å². The van der Waals surface area contributed by atoms with Crippen LogP contribution in [0, 0.1) is 5.82 Å². The molecule has 0 atom stereocenters. The molecule has 0 aliphatic heterocycles. The highest BCUT2D eigenvalue weighted by Gasteiger charge is 2.21. The first-order valence-corrected chi connectivity index (χ1v) is 8.93. The standard InChI is InChI=1S/C15H21FN2O4S.ClH/c1-3-6-17-7-8-18-15(20)10-23(21,22)12-4-5-13(11(2)19)14(16)9-12;/h4-5,9,17H,3,6-8,10H2,1-2H3,(H,18,20);1H. The summed E-state index contributed by atoms with van der Waals surface area (Å²) in [4.78, 5) is 22.5. The zero-order chi connectivity index (χ0) is 17.5. The van der Waals surface area contributed by atoms with E-state index >= 15 is 0 Å². The maximum atomic E-state index is 13.7. The van der Waals surface area contributed by atoms with Gasteiger partial charge < -0.3 is 10.6 Å². The van der Waals surface area contributed by atoms with Crippen LogP contribution >= 0.6 is 12.4 Å². The van der Waals surface area contributed by atoms with Gasteiger partial charge in [-0.25, -0.2) is 12.8 Å². The summed E-state index contributed by atoms with van der Waals surface area (Å²) >= 11 is 0. The molecule has 0 bridgehead atoms. The van der Waals surface area contributed by atoms with Gasteiger partial charge in [-0.2, -0.15) is 0 Å². The van der Waals surface area contributed by atoms with Crippen molar-refractivity contribution in [1.29, 1.82) is 0 Å². The van der Waals surface area contributed by atoms with Crippen LogP contribution < -0.4 is 10.6 Å². The molecular weight excluding hydrogens is 359 g/mol. The predicted octanol–water partition coefficient (Wildman–Crippen LogP) is 1.34. The topological polar surface area (TPSA) is 92.3 Å². The molecule has 0 aromatic heterocycles. The highest BCUT2D eigenvalue weighted by Crippen LogP contribution is 2.16. The fourth-order valence-corrected chi connectivity index (χ4v) is 3.05. The van der Waals surface area contributed by atoms with Gasteiger partial charge in [0.25, 0.3) is 0 Å². The zero-order valence-electron chi connectivity index (χ0n) is 13.6. The summed E-state index contributed by atoms with van der Waals surface area (Å²) < 4.78 is 37.9. The Morgan fingerprint density at radius 2 is 1.83 bits per heavy atom. The van der Waals surface area contributed by atoms with Crippen molar-refractivity contribution >= 4 is 33.9 Å². The Morgan fingerprint density at radius 1 is 1.17 bits per heavy atom. The van der Waals surface area contributed by atoms with E-state index in [1.54, 1.807) is 0 Å². The van der Waals surface area contributed by atoms with Crippen LogP contribution in [0.5, 0.6) is 0 Å². The van der Waals surface area contributed by atoms with E-state index in [-0.39, 0.29) is 22.9 Å². The third-order valence-corrected chi connectivity index (χ3v) is 4.67. The van der Waals surface area contributed by atoms with Crippen LogP contribution in [0.15, 0.2) is 23.1 Å². The zero-order valence-corrected chi connectivity index (χ0v) is 15.2. The van der Waals surface area contributed by atoms with Crippen LogP contribution in [0.1, 0.15) is 30.6 Å². The normalized spacial score (nSPS) is 10.8. The second-order valence-corrected chi connectivity index (χ2v) is 7.05. The van der Waals surface area contributed by atoms with Gasteiger partial charge in [-0.3, -0.25) is 9.59 Å². The number of benzene rings is 1. The molecule has 136 valence electrons. The van der Waals surface area contributed by atoms with Crippen molar-refractivity contribution < 1.29 is 22.4 Å². The molecule has 0 fully saturated rings. The quantitative estimate of drug-likeness (QED) is 0.498. The maximum absolute atomic E-state index is 13.7. The van der Waals surface area contributed by atoms with Gasteiger partial charge in [0.2, 0.25) is 5.91 Å². The number of hydrogen-bond acceptors (Lipinski definition) is 5. The molecule has 0 aliphatic rings. The summed E-state index contributed by atoms with van der Waals surface area (Å²) in [6.07, 6.45) is 0.962. The van der Waals surface area contributed by atoms with Gasteiger partial charge >= 0.3 is 0 Å². The Labute approximate surface area is 147 Å². The average Bonchev–Trinajstić information content (AvgIpc) is 2.46. The minimum Gasteiger partial charge on any atom is -0.354 e. The summed E-state index contributed by atoms with van der Waals surface area (Å²) in [5.74, 6) is -2.83. The van der Waals surface area contributed by atoms with E-state index in [2.05, 4.69) is 10.6 Å². The number of nitrogens with one attached hydrogen (secondary N) is 2. The molecule has 2 N–H and O–H groups in total. The molecule has 0 spiro atoms. The lowest BCUT2D eigenvalue weighted by Gasteiger charge is -2.08. The van der Waals surface area contributed by atoms with Crippen molar-refractivity contribution in [1.82, 2.24) is 10.6 Å². The van der Waals surface area contributed by atoms with Crippen LogP contribution in [0.2, 0.25) is 0 Å². The summed E-state index contributed by atoms with van der Waals surface area (Å²) in [5, 5.41) is 5.55. The first-order chi connectivity index (χ1) is 10.8. The van der Waals surface area contributed by atoms with Crippen molar-refractivity contribution in [3.63, 3.8) is 0 Å². The van der Waals surface area contributed by atoms with Crippen molar-refractivity contribution in [2.24, 2.45) is 0 Å². The van der Waals surface area contributed by atoms with Crippen molar-refractivity contribution in [3.8, 4) is 0 Å². The molecule has 6 nitrogen and oxygen atoms in total. The molecule has 0 saturated heterocycles. The fourth-order valence-electron chi connectivity index (χ4n) is 1.87. The third kappa shape index (κ3) is 6.94.